The number of methoxy groups -OCH3 is 2. The van der Waals surface area contributed by atoms with Crippen LogP contribution in [0.2, 0.25) is 0 Å². The van der Waals surface area contributed by atoms with E-state index in [2.05, 4.69) is 27.8 Å². The molecule has 2 aromatic rings. The average molecular weight is 394 g/mol. The zero-order valence-electron chi connectivity index (χ0n) is 16.2. The minimum absolute atomic E-state index is 0.0893. The molecule has 29 heavy (non-hydrogen) atoms. The molecule has 1 fully saturated rings. The lowest BCUT2D eigenvalue weighted by molar-refractivity contribution is 0.251. The van der Waals surface area contributed by atoms with E-state index in [1.807, 2.05) is 24.3 Å². The molecule has 3 rings (SSSR count). The van der Waals surface area contributed by atoms with Crippen LogP contribution < -0.4 is 30.3 Å². The number of amides is 4. The predicted octanol–water partition coefficient (Wildman–Crippen LogP) is 2.41. The van der Waals surface area contributed by atoms with Crippen LogP contribution in [0.3, 0.4) is 0 Å². The number of rotatable bonds is 5. The summed E-state index contributed by atoms with van der Waals surface area (Å²) in [4.78, 5) is 25.3. The molecule has 0 saturated carbocycles. The largest absolute Gasteiger partial charge is 0.493 e. The van der Waals surface area contributed by atoms with Gasteiger partial charge in [-0.2, -0.15) is 0 Å². The summed E-state index contributed by atoms with van der Waals surface area (Å²) in [6, 6.07) is 12.0. The molecule has 2 aromatic carbocycles. The Bertz CT molecular complexity index is 947. The van der Waals surface area contributed by atoms with Crippen molar-refractivity contribution in [2.24, 2.45) is 0 Å². The number of hydrogen-bond acceptors (Lipinski definition) is 4. The van der Waals surface area contributed by atoms with Gasteiger partial charge in [0.2, 0.25) is 0 Å². The lowest BCUT2D eigenvalue weighted by Crippen LogP contribution is -2.28. The Labute approximate surface area is 169 Å². The number of urea groups is 2. The third-order valence-electron chi connectivity index (χ3n) is 4.25. The number of benzene rings is 2. The zero-order valence-corrected chi connectivity index (χ0v) is 16.2. The Balaban J connectivity index is 1.49. The Morgan fingerprint density at radius 1 is 1.14 bits per heavy atom. The quantitative estimate of drug-likeness (QED) is 0.679. The minimum Gasteiger partial charge on any atom is -0.493 e. The first-order valence-electron chi connectivity index (χ1n) is 9.02. The van der Waals surface area contributed by atoms with Crippen LogP contribution in [0.15, 0.2) is 42.5 Å². The van der Waals surface area contributed by atoms with E-state index in [4.69, 9.17) is 9.47 Å². The van der Waals surface area contributed by atoms with Crippen molar-refractivity contribution in [3.63, 3.8) is 0 Å². The summed E-state index contributed by atoms with van der Waals surface area (Å²) in [5.74, 6) is 6.99. The third kappa shape index (κ3) is 5.11. The fourth-order valence-corrected chi connectivity index (χ4v) is 2.80. The highest BCUT2D eigenvalue weighted by Crippen LogP contribution is 2.29. The molecule has 1 heterocycles. The molecule has 1 aliphatic rings. The fraction of sp³-hybridized carbons (Fsp3) is 0.238. The van der Waals surface area contributed by atoms with Gasteiger partial charge in [-0.1, -0.05) is 11.8 Å². The van der Waals surface area contributed by atoms with Crippen LogP contribution in [-0.2, 0) is 0 Å². The average Bonchev–Trinajstić information content (AvgIpc) is 3.17. The van der Waals surface area contributed by atoms with E-state index in [9.17, 15) is 9.59 Å². The molecular formula is C21H22N4O4. The van der Waals surface area contributed by atoms with Crippen LogP contribution >= 0.6 is 0 Å². The topological polar surface area (TPSA) is 91.9 Å². The molecule has 0 bridgehead atoms. The maximum Gasteiger partial charge on any atom is 0.321 e. The van der Waals surface area contributed by atoms with E-state index >= 15 is 0 Å². The van der Waals surface area contributed by atoms with Gasteiger partial charge in [0.1, 0.15) is 0 Å². The molecule has 0 aliphatic carbocycles. The smallest absolute Gasteiger partial charge is 0.321 e. The van der Waals surface area contributed by atoms with Crippen LogP contribution in [0.5, 0.6) is 11.5 Å². The molecule has 0 atom stereocenters. The normalized spacial score (nSPS) is 12.5. The van der Waals surface area contributed by atoms with Crippen LogP contribution in [0.25, 0.3) is 0 Å². The van der Waals surface area contributed by atoms with Gasteiger partial charge in [0.05, 0.1) is 20.8 Å². The Kier molecular flexibility index (Phi) is 6.43. The van der Waals surface area contributed by atoms with Gasteiger partial charge < -0.3 is 25.4 Å². The van der Waals surface area contributed by atoms with Gasteiger partial charge in [0.25, 0.3) is 0 Å². The molecule has 0 spiro atoms. The monoisotopic (exact) mass is 394 g/mol. The van der Waals surface area contributed by atoms with Crippen molar-refractivity contribution < 1.29 is 19.1 Å². The lowest BCUT2D eigenvalue weighted by atomic mass is 10.2. The van der Waals surface area contributed by atoms with E-state index in [-0.39, 0.29) is 18.6 Å². The minimum atomic E-state index is -0.373. The van der Waals surface area contributed by atoms with E-state index in [0.717, 1.165) is 11.3 Å². The zero-order chi connectivity index (χ0) is 20.6. The van der Waals surface area contributed by atoms with Crippen molar-refractivity contribution in [1.82, 2.24) is 10.6 Å². The molecular weight excluding hydrogens is 372 g/mol. The molecule has 0 radical (unpaired) electrons. The van der Waals surface area contributed by atoms with Gasteiger partial charge in [-0.3, -0.25) is 4.90 Å². The second-order valence-electron chi connectivity index (χ2n) is 6.11. The number of nitrogens with one attached hydrogen (secondary N) is 3. The fourth-order valence-electron chi connectivity index (χ4n) is 2.80. The highest BCUT2D eigenvalue weighted by Gasteiger charge is 2.20. The van der Waals surface area contributed by atoms with E-state index in [0.29, 0.717) is 30.3 Å². The lowest BCUT2D eigenvalue weighted by Gasteiger charge is -2.13. The summed E-state index contributed by atoms with van der Waals surface area (Å²) in [6.45, 7) is 1.50. The maximum absolute atomic E-state index is 12.0. The Morgan fingerprint density at radius 3 is 2.55 bits per heavy atom. The number of carbonyl (C=O) groups excluding carboxylic acids is 2. The summed E-state index contributed by atoms with van der Waals surface area (Å²) >= 11 is 0. The number of anilines is 2. The summed E-state index contributed by atoms with van der Waals surface area (Å²) in [5.41, 5.74) is 2.21. The van der Waals surface area contributed by atoms with Gasteiger partial charge in [-0.05, 0) is 36.4 Å². The second kappa shape index (κ2) is 9.37. The highest BCUT2D eigenvalue weighted by atomic mass is 16.5. The van der Waals surface area contributed by atoms with Gasteiger partial charge in [0.15, 0.2) is 11.5 Å². The standard InChI is InChI=1S/C21H22N4O4/c1-28-18-10-7-16(14-19(18)29-2)24-20(26)22-11-3-4-15-5-8-17(9-6-15)25-13-12-23-21(25)27/h5-10,14H,11-13H2,1-2H3,(H,23,27)(H2,22,24,26). The van der Waals surface area contributed by atoms with Gasteiger partial charge in [-0.25, -0.2) is 9.59 Å². The predicted molar refractivity (Wildman–Crippen MR) is 111 cm³/mol. The third-order valence-corrected chi connectivity index (χ3v) is 4.25. The molecule has 8 nitrogen and oxygen atoms in total. The maximum atomic E-state index is 12.0. The van der Waals surface area contributed by atoms with Crippen LogP contribution in [-0.4, -0.2) is 45.9 Å². The first kappa shape index (κ1) is 19.9. The van der Waals surface area contributed by atoms with Crippen molar-refractivity contribution in [2.45, 2.75) is 0 Å². The van der Waals surface area contributed by atoms with Crippen molar-refractivity contribution in [3.8, 4) is 23.3 Å². The molecule has 8 heteroatoms. The molecule has 3 N–H and O–H groups in total. The highest BCUT2D eigenvalue weighted by molar-refractivity contribution is 5.94. The Hall–Kier alpha value is -3.86. The number of ether oxygens (including phenoxy) is 2. The van der Waals surface area contributed by atoms with Crippen molar-refractivity contribution in [1.29, 1.82) is 0 Å². The summed E-state index contributed by atoms with van der Waals surface area (Å²) < 4.78 is 10.4. The van der Waals surface area contributed by atoms with Crippen molar-refractivity contribution >= 4 is 23.4 Å². The summed E-state index contributed by atoms with van der Waals surface area (Å²) in [5, 5.41) is 8.15. The summed E-state index contributed by atoms with van der Waals surface area (Å²) in [7, 11) is 3.08. The second-order valence-corrected chi connectivity index (χ2v) is 6.11. The van der Waals surface area contributed by atoms with Crippen molar-refractivity contribution in [2.75, 3.05) is 44.1 Å². The molecule has 150 valence electrons. The molecule has 4 amide bonds. The molecule has 0 aromatic heterocycles. The van der Waals surface area contributed by atoms with Crippen molar-refractivity contribution in [3.05, 3.63) is 48.0 Å². The molecule has 1 aliphatic heterocycles. The number of nitrogens with zero attached hydrogens (tertiary/aromatic N) is 1. The number of hydrogen-bond donors (Lipinski definition) is 3. The Morgan fingerprint density at radius 2 is 1.90 bits per heavy atom. The molecule has 0 unspecified atom stereocenters. The molecule has 1 saturated heterocycles. The van der Waals surface area contributed by atoms with E-state index < -0.39 is 0 Å². The van der Waals surface area contributed by atoms with Crippen LogP contribution in [0.4, 0.5) is 21.0 Å². The van der Waals surface area contributed by atoms with Gasteiger partial charge >= 0.3 is 12.1 Å². The van der Waals surface area contributed by atoms with Gasteiger partial charge in [-0.15, -0.1) is 0 Å². The SMILES string of the molecule is COc1ccc(NC(=O)NCC#Cc2ccc(N3CCNC3=O)cc2)cc1OC. The van der Waals surface area contributed by atoms with E-state index in [1.165, 1.54) is 7.11 Å². The van der Waals surface area contributed by atoms with E-state index in [1.54, 1.807) is 30.2 Å². The first-order valence-corrected chi connectivity index (χ1v) is 9.02. The van der Waals surface area contributed by atoms with Gasteiger partial charge in [0, 0.05) is 36.1 Å². The summed E-state index contributed by atoms with van der Waals surface area (Å²) in [6.07, 6.45) is 0. The first-order chi connectivity index (χ1) is 14.1. The number of carbonyl (C=O) groups is 2. The van der Waals surface area contributed by atoms with Crippen LogP contribution in [0.1, 0.15) is 5.56 Å². The van der Waals surface area contributed by atoms with Crippen LogP contribution in [0, 0.1) is 11.8 Å².